The van der Waals surface area contributed by atoms with Gasteiger partial charge in [-0.05, 0) is 59.6 Å². The Morgan fingerprint density at radius 1 is 1.12 bits per heavy atom. The number of hydrogen-bond acceptors (Lipinski definition) is 3. The van der Waals surface area contributed by atoms with Crippen molar-refractivity contribution in [2.24, 2.45) is 0 Å². The number of nitrogens with zero attached hydrogens (tertiary/aromatic N) is 2. The van der Waals surface area contributed by atoms with Gasteiger partial charge in [-0.25, -0.2) is 9.97 Å². The van der Waals surface area contributed by atoms with Crippen LogP contribution in [-0.4, -0.2) is 9.97 Å². The van der Waals surface area contributed by atoms with Crippen molar-refractivity contribution in [3.05, 3.63) is 46.2 Å². The zero-order valence-corrected chi connectivity index (χ0v) is 11.5. The van der Waals surface area contributed by atoms with Gasteiger partial charge < -0.3 is 0 Å². The first-order valence-electron chi connectivity index (χ1n) is 4.88. The fourth-order valence-electron chi connectivity index (χ4n) is 1.39. The van der Waals surface area contributed by atoms with Gasteiger partial charge in [0.05, 0.1) is 0 Å². The van der Waals surface area contributed by atoms with Gasteiger partial charge in [0.25, 0.3) is 0 Å². The average molecular weight is 295 g/mol. The van der Waals surface area contributed by atoms with Gasteiger partial charge in [-0.1, -0.05) is 11.8 Å². The van der Waals surface area contributed by atoms with Crippen LogP contribution in [0.4, 0.5) is 0 Å². The Morgan fingerprint density at radius 3 is 2.56 bits per heavy atom. The SMILES string of the molecule is Cc1cc(C)nc(Sc2ccc(Br)cn2)c1. The monoisotopic (exact) mass is 294 g/mol. The van der Waals surface area contributed by atoms with Crippen molar-refractivity contribution in [2.75, 3.05) is 0 Å². The second kappa shape index (κ2) is 4.97. The molecular formula is C12H11BrN2S. The molecule has 0 amide bonds. The maximum absolute atomic E-state index is 4.46. The average Bonchev–Trinajstić information content (AvgIpc) is 2.20. The van der Waals surface area contributed by atoms with E-state index in [2.05, 4.69) is 45.0 Å². The van der Waals surface area contributed by atoms with Crippen molar-refractivity contribution < 1.29 is 0 Å². The van der Waals surface area contributed by atoms with E-state index >= 15 is 0 Å². The lowest BCUT2D eigenvalue weighted by molar-refractivity contribution is 1.03. The molecule has 0 aliphatic carbocycles. The summed E-state index contributed by atoms with van der Waals surface area (Å²) in [6.45, 7) is 4.08. The number of aryl methyl sites for hydroxylation is 2. The van der Waals surface area contributed by atoms with Crippen LogP contribution in [0.3, 0.4) is 0 Å². The molecule has 0 aliphatic rings. The summed E-state index contributed by atoms with van der Waals surface area (Å²) in [5.41, 5.74) is 2.27. The summed E-state index contributed by atoms with van der Waals surface area (Å²) in [5.74, 6) is 0. The Balaban J connectivity index is 2.23. The van der Waals surface area contributed by atoms with E-state index in [0.717, 1.165) is 20.2 Å². The van der Waals surface area contributed by atoms with Crippen molar-refractivity contribution >= 4 is 27.7 Å². The summed E-state index contributed by atoms with van der Waals surface area (Å²) in [7, 11) is 0. The largest absolute Gasteiger partial charge is 0.248 e. The Morgan fingerprint density at radius 2 is 1.94 bits per heavy atom. The van der Waals surface area contributed by atoms with Gasteiger partial charge >= 0.3 is 0 Å². The van der Waals surface area contributed by atoms with E-state index < -0.39 is 0 Å². The normalized spacial score (nSPS) is 10.4. The van der Waals surface area contributed by atoms with Gasteiger partial charge in [-0.3, -0.25) is 0 Å². The highest BCUT2D eigenvalue weighted by molar-refractivity contribution is 9.10. The predicted molar refractivity (Wildman–Crippen MR) is 69.8 cm³/mol. The van der Waals surface area contributed by atoms with Gasteiger partial charge in [0.15, 0.2) is 0 Å². The lowest BCUT2D eigenvalue weighted by Crippen LogP contribution is -1.87. The topological polar surface area (TPSA) is 25.8 Å². The highest BCUT2D eigenvalue weighted by Gasteiger charge is 2.01. The standard InChI is InChI=1S/C12H11BrN2S/c1-8-5-9(2)15-12(6-8)16-11-4-3-10(13)7-14-11/h3-7H,1-2H3. The van der Waals surface area contributed by atoms with Crippen molar-refractivity contribution in [1.82, 2.24) is 9.97 Å². The van der Waals surface area contributed by atoms with Crippen molar-refractivity contribution in [1.29, 1.82) is 0 Å². The number of rotatable bonds is 2. The van der Waals surface area contributed by atoms with Crippen LogP contribution in [0.5, 0.6) is 0 Å². The smallest absolute Gasteiger partial charge is 0.103 e. The summed E-state index contributed by atoms with van der Waals surface area (Å²) < 4.78 is 0.991. The third kappa shape index (κ3) is 3.06. The Hall–Kier alpha value is -0.870. The molecule has 4 heteroatoms. The maximum Gasteiger partial charge on any atom is 0.103 e. The fraction of sp³-hybridized carbons (Fsp3) is 0.167. The summed E-state index contributed by atoms with van der Waals surface area (Å²) in [4.78, 5) is 8.77. The molecular weight excluding hydrogens is 284 g/mol. The molecule has 0 saturated heterocycles. The molecule has 2 heterocycles. The van der Waals surface area contributed by atoms with Gasteiger partial charge in [0.1, 0.15) is 10.1 Å². The number of pyridine rings is 2. The Kier molecular flexibility index (Phi) is 3.61. The molecule has 0 N–H and O–H groups in total. The van der Waals surface area contributed by atoms with Crippen LogP contribution in [0.1, 0.15) is 11.3 Å². The molecule has 2 nitrogen and oxygen atoms in total. The molecule has 0 fully saturated rings. The van der Waals surface area contributed by atoms with Crippen molar-refractivity contribution in [2.45, 2.75) is 23.9 Å². The molecule has 82 valence electrons. The second-order valence-electron chi connectivity index (χ2n) is 3.54. The zero-order chi connectivity index (χ0) is 11.5. The third-order valence-corrected chi connectivity index (χ3v) is 3.32. The van der Waals surface area contributed by atoms with Crippen LogP contribution < -0.4 is 0 Å². The summed E-state index contributed by atoms with van der Waals surface area (Å²) in [6, 6.07) is 8.10. The van der Waals surface area contributed by atoms with Gasteiger partial charge in [-0.15, -0.1) is 0 Å². The number of hydrogen-bond donors (Lipinski definition) is 0. The minimum Gasteiger partial charge on any atom is -0.248 e. The van der Waals surface area contributed by atoms with Gasteiger partial charge in [-0.2, -0.15) is 0 Å². The minimum atomic E-state index is 0.959. The first-order valence-corrected chi connectivity index (χ1v) is 6.49. The van der Waals surface area contributed by atoms with Crippen LogP contribution in [0.25, 0.3) is 0 Å². The number of halogens is 1. The van der Waals surface area contributed by atoms with Crippen LogP contribution in [0.2, 0.25) is 0 Å². The highest BCUT2D eigenvalue weighted by atomic mass is 79.9. The molecule has 2 aromatic heterocycles. The molecule has 0 spiro atoms. The second-order valence-corrected chi connectivity index (χ2v) is 5.50. The Bertz CT molecular complexity index is 477. The predicted octanol–water partition coefficient (Wildman–Crippen LogP) is 4.01. The molecule has 2 aromatic rings. The first-order chi connectivity index (χ1) is 7.63. The third-order valence-electron chi connectivity index (χ3n) is 1.98. The van der Waals surface area contributed by atoms with Gasteiger partial charge in [0.2, 0.25) is 0 Å². The molecule has 2 rings (SSSR count). The molecule has 0 unspecified atom stereocenters. The summed E-state index contributed by atoms with van der Waals surface area (Å²) >= 11 is 4.95. The summed E-state index contributed by atoms with van der Waals surface area (Å²) in [6.07, 6.45) is 1.80. The van der Waals surface area contributed by atoms with Gasteiger partial charge in [0, 0.05) is 16.4 Å². The van der Waals surface area contributed by atoms with E-state index in [1.807, 2.05) is 19.1 Å². The molecule has 0 aliphatic heterocycles. The van der Waals surface area contributed by atoms with E-state index in [9.17, 15) is 0 Å². The van der Waals surface area contributed by atoms with E-state index in [0.29, 0.717) is 0 Å². The van der Waals surface area contributed by atoms with E-state index in [1.165, 1.54) is 5.56 Å². The maximum atomic E-state index is 4.46. The first kappa shape index (κ1) is 11.6. The molecule has 16 heavy (non-hydrogen) atoms. The molecule has 0 saturated carbocycles. The van der Waals surface area contributed by atoms with Crippen LogP contribution in [-0.2, 0) is 0 Å². The summed E-state index contributed by atoms with van der Waals surface area (Å²) in [5, 5.41) is 1.95. The van der Waals surface area contributed by atoms with E-state index in [1.54, 1.807) is 18.0 Å². The minimum absolute atomic E-state index is 0.959. The molecule has 0 bridgehead atoms. The molecule has 0 atom stereocenters. The fourth-order valence-corrected chi connectivity index (χ4v) is 2.51. The molecule has 0 radical (unpaired) electrons. The van der Waals surface area contributed by atoms with E-state index in [-0.39, 0.29) is 0 Å². The van der Waals surface area contributed by atoms with Crippen molar-refractivity contribution in [3.8, 4) is 0 Å². The highest BCUT2D eigenvalue weighted by Crippen LogP contribution is 2.25. The lowest BCUT2D eigenvalue weighted by atomic mass is 10.3. The molecule has 0 aromatic carbocycles. The van der Waals surface area contributed by atoms with Crippen molar-refractivity contribution in [3.63, 3.8) is 0 Å². The zero-order valence-electron chi connectivity index (χ0n) is 9.07. The van der Waals surface area contributed by atoms with Crippen LogP contribution in [0, 0.1) is 13.8 Å². The Labute approximate surface area is 108 Å². The lowest BCUT2D eigenvalue weighted by Gasteiger charge is -2.03. The van der Waals surface area contributed by atoms with Crippen LogP contribution in [0.15, 0.2) is 45.0 Å². The quantitative estimate of drug-likeness (QED) is 0.837. The number of aromatic nitrogens is 2. The van der Waals surface area contributed by atoms with E-state index in [4.69, 9.17) is 0 Å². The van der Waals surface area contributed by atoms with Crippen LogP contribution >= 0.6 is 27.7 Å².